The Morgan fingerprint density at radius 2 is 2.20 bits per heavy atom. The third-order valence-electron chi connectivity index (χ3n) is 2.85. The molecule has 0 radical (unpaired) electrons. The van der Waals surface area contributed by atoms with Gasteiger partial charge in [0.15, 0.2) is 0 Å². The van der Waals surface area contributed by atoms with Crippen molar-refractivity contribution in [3.05, 3.63) is 28.8 Å². The normalized spacial score (nSPS) is 18.9. The van der Waals surface area contributed by atoms with Crippen molar-refractivity contribution >= 4 is 33.3 Å². The van der Waals surface area contributed by atoms with Crippen molar-refractivity contribution in [2.45, 2.75) is 18.9 Å². The quantitative estimate of drug-likeness (QED) is 0.865. The van der Waals surface area contributed by atoms with Crippen molar-refractivity contribution in [2.24, 2.45) is 0 Å². The van der Waals surface area contributed by atoms with Crippen LogP contribution in [0.3, 0.4) is 0 Å². The van der Waals surface area contributed by atoms with Gasteiger partial charge in [-0.1, -0.05) is 11.6 Å². The van der Waals surface area contributed by atoms with E-state index < -0.39 is 16.0 Å². The summed E-state index contributed by atoms with van der Waals surface area (Å²) in [5.74, 6) is -1.32. The molecule has 0 amide bonds. The first-order chi connectivity index (χ1) is 9.35. The lowest BCUT2D eigenvalue weighted by Gasteiger charge is -2.12. The van der Waals surface area contributed by atoms with Crippen LogP contribution in [0.2, 0.25) is 5.02 Å². The molecule has 1 saturated heterocycles. The molecule has 110 valence electrons. The van der Waals surface area contributed by atoms with Crippen LogP contribution in [0.1, 0.15) is 23.2 Å². The minimum Gasteiger partial charge on any atom is -0.478 e. The standard InChI is InChI=1S/C12H14ClNO5S/c13-9-4-8(12(15)16)5-10(6-9)14-20(17,18)7-11-2-1-3-19-11/h4-6,11,14H,1-3,7H2,(H,15,16). The van der Waals surface area contributed by atoms with Crippen molar-refractivity contribution in [2.75, 3.05) is 17.1 Å². The molecule has 0 aromatic heterocycles. The topological polar surface area (TPSA) is 92.7 Å². The minimum absolute atomic E-state index is 0.0766. The van der Waals surface area contributed by atoms with Gasteiger partial charge in [-0.3, -0.25) is 4.72 Å². The fourth-order valence-electron chi connectivity index (χ4n) is 2.01. The highest BCUT2D eigenvalue weighted by Gasteiger charge is 2.23. The van der Waals surface area contributed by atoms with Gasteiger partial charge >= 0.3 is 5.97 Å². The van der Waals surface area contributed by atoms with E-state index in [1.165, 1.54) is 18.2 Å². The van der Waals surface area contributed by atoms with Crippen molar-refractivity contribution in [3.8, 4) is 0 Å². The highest BCUT2D eigenvalue weighted by Crippen LogP contribution is 2.21. The maximum absolute atomic E-state index is 12.0. The van der Waals surface area contributed by atoms with Crippen LogP contribution in [-0.4, -0.2) is 38.0 Å². The molecule has 8 heteroatoms. The van der Waals surface area contributed by atoms with Crippen molar-refractivity contribution in [1.29, 1.82) is 0 Å². The fourth-order valence-corrected chi connectivity index (χ4v) is 3.56. The molecule has 1 atom stereocenters. The van der Waals surface area contributed by atoms with Crippen LogP contribution < -0.4 is 4.72 Å². The first-order valence-corrected chi connectivity index (χ1v) is 8.05. The number of sulfonamides is 1. The van der Waals surface area contributed by atoms with Gasteiger partial charge in [0.1, 0.15) is 0 Å². The van der Waals surface area contributed by atoms with Gasteiger partial charge in [-0.05, 0) is 31.0 Å². The van der Waals surface area contributed by atoms with E-state index >= 15 is 0 Å². The van der Waals surface area contributed by atoms with Gasteiger partial charge in [-0.25, -0.2) is 13.2 Å². The average molecular weight is 320 g/mol. The van der Waals surface area contributed by atoms with Gasteiger partial charge in [0.2, 0.25) is 10.0 Å². The maximum Gasteiger partial charge on any atom is 0.335 e. The van der Waals surface area contributed by atoms with Crippen LogP contribution in [0.5, 0.6) is 0 Å². The number of anilines is 1. The molecule has 1 aliphatic heterocycles. The van der Waals surface area contributed by atoms with E-state index in [0.29, 0.717) is 13.0 Å². The number of hydrogen-bond donors (Lipinski definition) is 2. The average Bonchev–Trinajstić information content (AvgIpc) is 2.79. The van der Waals surface area contributed by atoms with E-state index in [4.69, 9.17) is 21.4 Å². The van der Waals surface area contributed by atoms with Crippen LogP contribution in [0, 0.1) is 0 Å². The molecule has 1 aromatic carbocycles. The van der Waals surface area contributed by atoms with Crippen LogP contribution in [0.25, 0.3) is 0 Å². The van der Waals surface area contributed by atoms with Crippen molar-refractivity contribution < 1.29 is 23.1 Å². The predicted octanol–water partition coefficient (Wildman–Crippen LogP) is 1.96. The minimum atomic E-state index is -3.60. The Labute approximate surface area is 121 Å². The Hall–Kier alpha value is -1.31. The second-order valence-electron chi connectivity index (χ2n) is 4.55. The number of aromatic carboxylic acids is 1. The molecule has 0 spiro atoms. The summed E-state index contributed by atoms with van der Waals surface area (Å²) < 4.78 is 31.5. The van der Waals surface area contributed by atoms with Gasteiger partial charge < -0.3 is 9.84 Å². The lowest BCUT2D eigenvalue weighted by molar-refractivity contribution is 0.0697. The van der Waals surface area contributed by atoms with Crippen molar-refractivity contribution in [3.63, 3.8) is 0 Å². The largest absolute Gasteiger partial charge is 0.478 e. The first-order valence-electron chi connectivity index (χ1n) is 6.02. The molecule has 1 fully saturated rings. The molecule has 1 unspecified atom stereocenters. The zero-order valence-corrected chi connectivity index (χ0v) is 12.1. The van der Waals surface area contributed by atoms with E-state index in [-0.39, 0.29) is 28.1 Å². The molecule has 0 saturated carbocycles. The number of hydrogen-bond acceptors (Lipinski definition) is 4. The van der Waals surface area contributed by atoms with Gasteiger partial charge in [0, 0.05) is 11.6 Å². The molecule has 0 bridgehead atoms. The number of ether oxygens (including phenoxy) is 1. The van der Waals surface area contributed by atoms with Crippen LogP contribution >= 0.6 is 11.6 Å². The number of rotatable bonds is 5. The predicted molar refractivity (Wildman–Crippen MR) is 74.8 cm³/mol. The Bertz CT molecular complexity index is 610. The number of benzene rings is 1. The smallest absolute Gasteiger partial charge is 0.335 e. The molecule has 6 nitrogen and oxygen atoms in total. The molecular formula is C12H14ClNO5S. The number of carboxylic acid groups (broad SMARTS) is 1. The third-order valence-corrected chi connectivity index (χ3v) is 4.42. The molecule has 1 aliphatic rings. The molecule has 1 heterocycles. The Kier molecular flexibility index (Phi) is 4.52. The molecule has 0 aliphatic carbocycles. The maximum atomic E-state index is 12.0. The van der Waals surface area contributed by atoms with Crippen LogP contribution in [-0.2, 0) is 14.8 Å². The summed E-state index contributed by atoms with van der Waals surface area (Å²) in [4.78, 5) is 10.9. The van der Waals surface area contributed by atoms with Crippen LogP contribution in [0.15, 0.2) is 18.2 Å². The van der Waals surface area contributed by atoms with Gasteiger partial charge in [-0.2, -0.15) is 0 Å². The SMILES string of the molecule is O=C(O)c1cc(Cl)cc(NS(=O)(=O)CC2CCCO2)c1. The zero-order valence-electron chi connectivity index (χ0n) is 10.5. The monoisotopic (exact) mass is 319 g/mol. The number of halogens is 1. The summed E-state index contributed by atoms with van der Waals surface area (Å²) >= 11 is 5.77. The molecule has 20 heavy (non-hydrogen) atoms. The zero-order chi connectivity index (χ0) is 14.8. The van der Waals surface area contributed by atoms with E-state index in [1.807, 2.05) is 0 Å². The third kappa shape index (κ3) is 4.09. The number of nitrogens with one attached hydrogen (secondary N) is 1. The number of carboxylic acids is 1. The van der Waals surface area contributed by atoms with E-state index in [1.54, 1.807) is 0 Å². The summed E-state index contributed by atoms with van der Waals surface area (Å²) in [7, 11) is -3.60. The summed E-state index contributed by atoms with van der Waals surface area (Å²) in [6.07, 6.45) is 1.24. The van der Waals surface area contributed by atoms with Crippen molar-refractivity contribution in [1.82, 2.24) is 0 Å². The first kappa shape index (κ1) is 15.1. The van der Waals surface area contributed by atoms with Gasteiger partial charge in [-0.15, -0.1) is 0 Å². The summed E-state index contributed by atoms with van der Waals surface area (Å²) in [6, 6.07) is 3.84. The second-order valence-corrected chi connectivity index (χ2v) is 6.76. The fraction of sp³-hybridized carbons (Fsp3) is 0.417. The van der Waals surface area contributed by atoms with Crippen LogP contribution in [0.4, 0.5) is 5.69 Å². The Morgan fingerprint density at radius 3 is 2.80 bits per heavy atom. The Morgan fingerprint density at radius 1 is 1.45 bits per heavy atom. The van der Waals surface area contributed by atoms with E-state index in [2.05, 4.69) is 4.72 Å². The Balaban J connectivity index is 2.13. The molecule has 2 rings (SSSR count). The van der Waals surface area contributed by atoms with E-state index in [0.717, 1.165) is 6.42 Å². The summed E-state index contributed by atoms with van der Waals surface area (Å²) in [5, 5.41) is 9.06. The van der Waals surface area contributed by atoms with Gasteiger partial charge in [0.05, 0.1) is 23.1 Å². The van der Waals surface area contributed by atoms with Gasteiger partial charge in [0.25, 0.3) is 0 Å². The summed E-state index contributed by atoms with van der Waals surface area (Å²) in [5.41, 5.74) is 0.0558. The molecule has 1 aromatic rings. The lowest BCUT2D eigenvalue weighted by Crippen LogP contribution is -2.25. The summed E-state index contributed by atoms with van der Waals surface area (Å²) in [6.45, 7) is 0.570. The highest BCUT2D eigenvalue weighted by atomic mass is 35.5. The molecule has 2 N–H and O–H groups in total. The second kappa shape index (κ2) is 5.99. The lowest BCUT2D eigenvalue weighted by atomic mass is 10.2. The number of carbonyl (C=O) groups is 1. The van der Waals surface area contributed by atoms with E-state index in [9.17, 15) is 13.2 Å². The highest BCUT2D eigenvalue weighted by molar-refractivity contribution is 7.92. The molecular weight excluding hydrogens is 306 g/mol.